The summed E-state index contributed by atoms with van der Waals surface area (Å²) in [6.07, 6.45) is 1.78. The number of rotatable bonds is 4. The largest absolute Gasteiger partial charge is 0.480 e. The molecule has 2 aliphatic rings. The van der Waals surface area contributed by atoms with Crippen LogP contribution < -0.4 is 4.90 Å². The number of hydrogen-bond acceptors (Lipinski definition) is 6. The predicted octanol–water partition coefficient (Wildman–Crippen LogP) is 4.60. The minimum Gasteiger partial charge on any atom is -0.480 e. The molecule has 0 unspecified atom stereocenters. The molecule has 142 valence electrons. The molecular weight excluding hydrogens is 412 g/mol. The lowest BCUT2D eigenvalue weighted by Gasteiger charge is -2.32. The maximum Gasteiger partial charge on any atom is 0.323 e. The van der Waals surface area contributed by atoms with E-state index in [4.69, 9.17) is 17.3 Å². The van der Waals surface area contributed by atoms with Gasteiger partial charge in [0.15, 0.2) is 0 Å². The quantitative estimate of drug-likeness (QED) is 0.564. The van der Waals surface area contributed by atoms with Crippen molar-refractivity contribution in [3.05, 3.63) is 52.9 Å². The third-order valence-electron chi connectivity index (χ3n) is 4.43. The maximum absolute atomic E-state index is 12.5. The molecule has 0 spiro atoms. The first-order valence-electron chi connectivity index (χ1n) is 8.63. The van der Waals surface area contributed by atoms with E-state index in [1.54, 1.807) is 17.8 Å². The van der Waals surface area contributed by atoms with Gasteiger partial charge in [0.1, 0.15) is 10.9 Å². The van der Waals surface area contributed by atoms with Gasteiger partial charge in [0.25, 0.3) is 5.91 Å². The molecule has 28 heavy (non-hydrogen) atoms. The van der Waals surface area contributed by atoms with Crippen LogP contribution >= 0.6 is 35.7 Å². The van der Waals surface area contributed by atoms with Crippen LogP contribution in [0.5, 0.6) is 0 Å². The Balaban J connectivity index is 1.66. The Morgan fingerprint density at radius 1 is 1.11 bits per heavy atom. The van der Waals surface area contributed by atoms with Crippen LogP contribution in [-0.4, -0.2) is 39.3 Å². The highest BCUT2D eigenvalue weighted by Crippen LogP contribution is 2.48. The number of nitrogens with zero attached hydrogens (tertiary/aromatic N) is 2. The van der Waals surface area contributed by atoms with Crippen molar-refractivity contribution in [2.75, 3.05) is 18.0 Å². The standard InChI is InChI=1S/C20H16N2O3S3/c1-2-21-13-5-3-4-6-15(13)27-16-9-12(7-8-14(16)21)10-17-19(25)22(11-18(23)24)20(26)28-17/h3-10H,2,11H2,1H3,(H,23,24)/b17-10-. The van der Waals surface area contributed by atoms with E-state index in [0.717, 1.165) is 39.4 Å². The summed E-state index contributed by atoms with van der Waals surface area (Å²) in [7, 11) is 0. The van der Waals surface area contributed by atoms with Gasteiger partial charge in [0, 0.05) is 16.3 Å². The minimum absolute atomic E-state index is 0.275. The van der Waals surface area contributed by atoms with Crippen molar-refractivity contribution in [2.45, 2.75) is 16.7 Å². The van der Waals surface area contributed by atoms with Gasteiger partial charge in [-0.15, -0.1) is 0 Å². The number of para-hydroxylation sites is 1. The van der Waals surface area contributed by atoms with Crippen molar-refractivity contribution in [3.63, 3.8) is 0 Å². The van der Waals surface area contributed by atoms with E-state index in [0.29, 0.717) is 4.91 Å². The third-order valence-corrected chi connectivity index (χ3v) is 6.92. The molecule has 2 aliphatic heterocycles. The Kier molecular flexibility index (Phi) is 5.18. The van der Waals surface area contributed by atoms with Crippen molar-refractivity contribution < 1.29 is 14.7 Å². The SMILES string of the molecule is CCN1c2ccccc2Sc2cc(/C=C3\SC(=S)N(CC(=O)O)C3=O)ccc21. The lowest BCUT2D eigenvalue weighted by molar-refractivity contribution is -0.140. The number of benzene rings is 2. The number of thioether (sulfide) groups is 1. The molecule has 8 heteroatoms. The average molecular weight is 429 g/mol. The number of hydrogen-bond donors (Lipinski definition) is 1. The molecule has 2 heterocycles. The molecule has 1 fully saturated rings. The van der Waals surface area contributed by atoms with Crippen molar-refractivity contribution in [1.29, 1.82) is 0 Å². The molecule has 4 rings (SSSR count). The van der Waals surface area contributed by atoms with E-state index in [2.05, 4.69) is 36.1 Å². The second-order valence-electron chi connectivity index (χ2n) is 6.20. The van der Waals surface area contributed by atoms with Gasteiger partial charge in [-0.3, -0.25) is 14.5 Å². The summed E-state index contributed by atoms with van der Waals surface area (Å²) in [4.78, 5) is 29.6. The number of amides is 1. The Morgan fingerprint density at radius 2 is 1.86 bits per heavy atom. The Labute approximate surface area is 176 Å². The zero-order valence-corrected chi connectivity index (χ0v) is 17.4. The summed E-state index contributed by atoms with van der Waals surface area (Å²) >= 11 is 8.00. The summed E-state index contributed by atoms with van der Waals surface area (Å²) in [6.45, 7) is 2.57. The predicted molar refractivity (Wildman–Crippen MR) is 117 cm³/mol. The van der Waals surface area contributed by atoms with E-state index >= 15 is 0 Å². The summed E-state index contributed by atoms with van der Waals surface area (Å²) in [6, 6.07) is 14.4. The van der Waals surface area contributed by atoms with Crippen LogP contribution in [-0.2, 0) is 9.59 Å². The van der Waals surface area contributed by atoms with Crippen LogP contribution in [0.3, 0.4) is 0 Å². The second kappa shape index (κ2) is 7.62. The Hall–Kier alpha value is -2.29. The topological polar surface area (TPSA) is 60.9 Å². The van der Waals surface area contributed by atoms with Crippen LogP contribution in [0.25, 0.3) is 6.08 Å². The van der Waals surface area contributed by atoms with Gasteiger partial charge in [-0.05, 0) is 42.8 Å². The molecule has 0 radical (unpaired) electrons. The molecule has 1 N–H and O–H groups in total. The van der Waals surface area contributed by atoms with E-state index in [1.807, 2.05) is 18.2 Å². The Morgan fingerprint density at radius 3 is 2.61 bits per heavy atom. The van der Waals surface area contributed by atoms with Gasteiger partial charge in [0.2, 0.25) is 0 Å². The number of carboxylic acid groups (broad SMARTS) is 1. The average Bonchev–Trinajstić information content (AvgIpc) is 2.93. The number of fused-ring (bicyclic) bond motifs is 2. The van der Waals surface area contributed by atoms with Crippen molar-refractivity contribution in [2.24, 2.45) is 0 Å². The van der Waals surface area contributed by atoms with Gasteiger partial charge in [-0.1, -0.05) is 53.9 Å². The maximum atomic E-state index is 12.5. The molecule has 0 aromatic heterocycles. The van der Waals surface area contributed by atoms with Crippen molar-refractivity contribution in [1.82, 2.24) is 4.90 Å². The van der Waals surface area contributed by atoms with Crippen LogP contribution in [0.2, 0.25) is 0 Å². The molecule has 0 atom stereocenters. The molecule has 2 aromatic carbocycles. The lowest BCUT2D eigenvalue weighted by atomic mass is 10.1. The summed E-state index contributed by atoms with van der Waals surface area (Å²) in [5, 5.41) is 8.96. The van der Waals surface area contributed by atoms with Gasteiger partial charge in [0.05, 0.1) is 16.3 Å². The molecule has 2 aromatic rings. The summed E-state index contributed by atoms with van der Waals surface area (Å²) < 4.78 is 0.275. The summed E-state index contributed by atoms with van der Waals surface area (Å²) in [5.41, 5.74) is 3.23. The first-order chi connectivity index (χ1) is 13.5. The number of thiocarbonyl (C=S) groups is 1. The first kappa shape index (κ1) is 19.0. The fraction of sp³-hybridized carbons (Fsp3) is 0.150. The van der Waals surface area contributed by atoms with Gasteiger partial charge >= 0.3 is 5.97 Å². The number of anilines is 2. The number of carboxylic acids is 1. The highest BCUT2D eigenvalue weighted by Gasteiger charge is 2.33. The number of aliphatic carboxylic acids is 1. The lowest BCUT2D eigenvalue weighted by Crippen LogP contribution is -2.33. The minimum atomic E-state index is -1.08. The van der Waals surface area contributed by atoms with Crippen LogP contribution in [0, 0.1) is 0 Å². The number of carbonyl (C=O) groups excluding carboxylic acids is 1. The van der Waals surface area contributed by atoms with Crippen LogP contribution in [0.4, 0.5) is 11.4 Å². The fourth-order valence-electron chi connectivity index (χ4n) is 3.20. The number of carbonyl (C=O) groups is 2. The Bertz CT molecular complexity index is 1040. The monoisotopic (exact) mass is 428 g/mol. The first-order valence-corrected chi connectivity index (χ1v) is 10.7. The van der Waals surface area contributed by atoms with E-state index in [-0.39, 0.29) is 10.2 Å². The van der Waals surface area contributed by atoms with Crippen LogP contribution in [0.15, 0.2) is 57.2 Å². The highest BCUT2D eigenvalue weighted by molar-refractivity contribution is 8.26. The molecule has 0 bridgehead atoms. The molecule has 5 nitrogen and oxygen atoms in total. The molecular formula is C20H16N2O3S3. The van der Waals surface area contributed by atoms with E-state index in [1.165, 1.54) is 10.6 Å². The zero-order valence-electron chi connectivity index (χ0n) is 14.9. The van der Waals surface area contributed by atoms with E-state index < -0.39 is 12.5 Å². The normalized spacial score (nSPS) is 17.1. The second-order valence-corrected chi connectivity index (χ2v) is 8.96. The fourth-order valence-corrected chi connectivity index (χ4v) is 5.60. The zero-order chi connectivity index (χ0) is 19.8. The van der Waals surface area contributed by atoms with Gasteiger partial charge in [-0.25, -0.2) is 0 Å². The van der Waals surface area contributed by atoms with Gasteiger partial charge in [-0.2, -0.15) is 0 Å². The van der Waals surface area contributed by atoms with E-state index in [9.17, 15) is 9.59 Å². The van der Waals surface area contributed by atoms with Crippen molar-refractivity contribution in [3.8, 4) is 0 Å². The highest BCUT2D eigenvalue weighted by atomic mass is 32.2. The molecule has 0 aliphatic carbocycles. The molecule has 0 saturated carbocycles. The van der Waals surface area contributed by atoms with Crippen molar-refractivity contribution >= 4 is 69.4 Å². The third kappa shape index (κ3) is 3.43. The summed E-state index contributed by atoms with van der Waals surface area (Å²) in [5.74, 6) is -1.44. The smallest absolute Gasteiger partial charge is 0.323 e. The molecule has 1 saturated heterocycles. The van der Waals surface area contributed by atoms with Gasteiger partial charge < -0.3 is 10.0 Å². The molecule has 1 amide bonds. The van der Waals surface area contributed by atoms with Crippen LogP contribution in [0.1, 0.15) is 12.5 Å².